The third-order valence-electron chi connectivity index (χ3n) is 6.91. The number of H-pyrrole nitrogens is 1. The number of pyridine rings is 1. The predicted molar refractivity (Wildman–Crippen MR) is 143 cm³/mol. The first-order valence-corrected chi connectivity index (χ1v) is 15.2. The highest BCUT2D eigenvalue weighted by atomic mass is 32.2. The standard InChI is InChI=1S/C27H36F2N4O5S/c1-2-36-6-7-37-8-9-38-10-11-39(34,35)18-20-5-3-4-19(12-20)13-25-24(29)17-32-27(33-25)23-16-31-26-22(23)14-21(28)15-30-26/h14-17,19-20H,2-13,18H2,1H3,(H,30,31)/t19-,20+/m0/s1. The monoisotopic (exact) mass is 566 g/mol. The Bertz CT molecular complexity index is 1320. The Kier molecular flexibility index (Phi) is 10.7. The van der Waals surface area contributed by atoms with Crippen LogP contribution in [0.4, 0.5) is 8.78 Å². The van der Waals surface area contributed by atoms with Gasteiger partial charge in [0.25, 0.3) is 0 Å². The molecule has 0 unspecified atom stereocenters. The molecule has 4 rings (SSSR count). The molecule has 1 N–H and O–H groups in total. The molecule has 1 saturated carbocycles. The highest BCUT2D eigenvalue weighted by Crippen LogP contribution is 2.33. The van der Waals surface area contributed by atoms with Crippen LogP contribution in [0.3, 0.4) is 0 Å². The maximum absolute atomic E-state index is 14.7. The van der Waals surface area contributed by atoms with Gasteiger partial charge in [0.2, 0.25) is 0 Å². The summed E-state index contributed by atoms with van der Waals surface area (Å²) < 4.78 is 69.8. The van der Waals surface area contributed by atoms with Gasteiger partial charge < -0.3 is 19.2 Å². The molecule has 214 valence electrons. The van der Waals surface area contributed by atoms with Gasteiger partial charge in [0.15, 0.2) is 21.5 Å². The predicted octanol–water partition coefficient (Wildman–Crippen LogP) is 4.13. The molecule has 0 radical (unpaired) electrons. The Labute approximate surface area is 227 Å². The Morgan fingerprint density at radius 1 is 1.00 bits per heavy atom. The van der Waals surface area contributed by atoms with Crippen LogP contribution in [0.15, 0.2) is 24.7 Å². The number of halogens is 2. The van der Waals surface area contributed by atoms with E-state index < -0.39 is 21.5 Å². The average Bonchev–Trinajstić information content (AvgIpc) is 3.32. The zero-order valence-corrected chi connectivity index (χ0v) is 23.0. The lowest BCUT2D eigenvalue weighted by Crippen LogP contribution is -2.27. The van der Waals surface area contributed by atoms with Crippen LogP contribution in [-0.2, 0) is 30.5 Å². The molecule has 0 bridgehead atoms. The normalized spacial score (nSPS) is 18.1. The number of nitrogens with one attached hydrogen (secondary N) is 1. The quantitative estimate of drug-likeness (QED) is 0.273. The molecule has 3 heterocycles. The minimum atomic E-state index is -3.28. The van der Waals surface area contributed by atoms with Crippen molar-refractivity contribution in [3.63, 3.8) is 0 Å². The number of fused-ring (bicyclic) bond motifs is 1. The number of rotatable bonds is 15. The fraction of sp³-hybridized carbons (Fsp3) is 0.593. The van der Waals surface area contributed by atoms with Crippen molar-refractivity contribution in [1.29, 1.82) is 0 Å². The van der Waals surface area contributed by atoms with Crippen molar-refractivity contribution in [3.8, 4) is 11.4 Å². The van der Waals surface area contributed by atoms with Gasteiger partial charge in [-0.1, -0.05) is 12.8 Å². The largest absolute Gasteiger partial charge is 0.379 e. The smallest absolute Gasteiger partial charge is 0.163 e. The number of nitrogens with zero attached hydrogens (tertiary/aromatic N) is 3. The lowest BCUT2D eigenvalue weighted by atomic mass is 9.80. The molecule has 0 saturated heterocycles. The maximum atomic E-state index is 14.7. The Hall–Kier alpha value is -2.54. The Balaban J connectivity index is 1.28. The zero-order valence-electron chi connectivity index (χ0n) is 22.2. The maximum Gasteiger partial charge on any atom is 0.163 e. The molecule has 9 nitrogen and oxygen atoms in total. The molecule has 39 heavy (non-hydrogen) atoms. The first kappa shape index (κ1) is 29.4. The number of sulfone groups is 1. The summed E-state index contributed by atoms with van der Waals surface area (Å²) in [5.74, 6) is -0.495. The van der Waals surface area contributed by atoms with Crippen molar-refractivity contribution in [3.05, 3.63) is 42.0 Å². The molecule has 1 aliphatic carbocycles. The molecule has 0 aromatic carbocycles. The second-order valence-electron chi connectivity index (χ2n) is 9.88. The summed E-state index contributed by atoms with van der Waals surface area (Å²) in [6, 6.07) is 1.34. The van der Waals surface area contributed by atoms with E-state index in [2.05, 4.69) is 19.9 Å². The fourth-order valence-electron chi connectivity index (χ4n) is 5.06. The van der Waals surface area contributed by atoms with Crippen LogP contribution in [0.1, 0.15) is 38.3 Å². The van der Waals surface area contributed by atoms with E-state index in [9.17, 15) is 17.2 Å². The van der Waals surface area contributed by atoms with Crippen LogP contribution in [0.25, 0.3) is 22.4 Å². The summed E-state index contributed by atoms with van der Waals surface area (Å²) in [4.78, 5) is 15.6. The SMILES string of the molecule is CCOCCOCCOCCS(=O)(=O)C[C@@H]1CCC[C@H](Cc2nc(-c3c[nH]c4ncc(F)cc34)ncc2F)C1. The lowest BCUT2D eigenvalue weighted by Gasteiger charge is -2.29. The number of aromatic nitrogens is 4. The minimum Gasteiger partial charge on any atom is -0.379 e. The average molecular weight is 567 g/mol. The molecule has 3 aromatic rings. The van der Waals surface area contributed by atoms with Crippen molar-refractivity contribution in [2.24, 2.45) is 11.8 Å². The Morgan fingerprint density at radius 3 is 2.54 bits per heavy atom. The third kappa shape index (κ3) is 8.72. The van der Waals surface area contributed by atoms with Gasteiger partial charge in [0, 0.05) is 23.8 Å². The molecule has 12 heteroatoms. The van der Waals surface area contributed by atoms with Crippen molar-refractivity contribution in [2.75, 3.05) is 51.1 Å². The van der Waals surface area contributed by atoms with Crippen molar-refractivity contribution >= 4 is 20.9 Å². The van der Waals surface area contributed by atoms with Gasteiger partial charge >= 0.3 is 0 Å². The van der Waals surface area contributed by atoms with Gasteiger partial charge in [-0.05, 0) is 44.1 Å². The van der Waals surface area contributed by atoms with E-state index in [0.29, 0.717) is 68.3 Å². The van der Waals surface area contributed by atoms with E-state index in [1.807, 2.05) is 6.92 Å². The van der Waals surface area contributed by atoms with Crippen LogP contribution in [0.2, 0.25) is 0 Å². The van der Waals surface area contributed by atoms with Crippen molar-refractivity contribution < 1.29 is 31.4 Å². The molecule has 1 aliphatic rings. The third-order valence-corrected chi connectivity index (χ3v) is 8.67. The van der Waals surface area contributed by atoms with Crippen LogP contribution >= 0.6 is 0 Å². The van der Waals surface area contributed by atoms with Gasteiger partial charge in [-0.2, -0.15) is 0 Å². The summed E-state index contributed by atoms with van der Waals surface area (Å²) in [5, 5.41) is 0.522. The minimum absolute atomic E-state index is 0.0164. The van der Waals surface area contributed by atoms with Crippen LogP contribution in [0.5, 0.6) is 0 Å². The van der Waals surface area contributed by atoms with Crippen molar-refractivity contribution in [2.45, 2.75) is 39.0 Å². The summed E-state index contributed by atoms with van der Waals surface area (Å²) >= 11 is 0. The van der Waals surface area contributed by atoms with E-state index in [0.717, 1.165) is 31.7 Å². The summed E-state index contributed by atoms with van der Waals surface area (Å²) in [7, 11) is -3.28. The highest BCUT2D eigenvalue weighted by Gasteiger charge is 2.28. The number of aromatic amines is 1. The second-order valence-corrected chi connectivity index (χ2v) is 12.1. The first-order valence-electron chi connectivity index (χ1n) is 13.4. The molecule has 0 amide bonds. The highest BCUT2D eigenvalue weighted by molar-refractivity contribution is 7.91. The van der Waals surface area contributed by atoms with E-state index in [-0.39, 0.29) is 35.6 Å². The lowest BCUT2D eigenvalue weighted by molar-refractivity contribution is 0.0198. The molecule has 3 aromatic heterocycles. The van der Waals surface area contributed by atoms with E-state index in [4.69, 9.17) is 14.2 Å². The molecular weight excluding hydrogens is 530 g/mol. The van der Waals surface area contributed by atoms with Gasteiger partial charge in [-0.25, -0.2) is 32.2 Å². The molecule has 1 fully saturated rings. The van der Waals surface area contributed by atoms with Crippen molar-refractivity contribution in [1.82, 2.24) is 19.9 Å². The van der Waals surface area contributed by atoms with E-state index >= 15 is 0 Å². The van der Waals surface area contributed by atoms with Gasteiger partial charge in [0.1, 0.15) is 11.5 Å². The molecule has 0 aliphatic heterocycles. The number of hydrogen-bond donors (Lipinski definition) is 1. The second kappa shape index (κ2) is 14.2. The molecular formula is C27H36F2N4O5S. The fourth-order valence-corrected chi connectivity index (χ4v) is 6.62. The number of hydrogen-bond acceptors (Lipinski definition) is 8. The number of ether oxygens (including phenoxy) is 3. The summed E-state index contributed by atoms with van der Waals surface area (Å²) in [6.07, 6.45) is 7.56. The summed E-state index contributed by atoms with van der Waals surface area (Å²) in [5.41, 5.74) is 1.32. The topological polar surface area (TPSA) is 116 Å². The van der Waals surface area contributed by atoms with Crippen LogP contribution in [-0.4, -0.2) is 79.5 Å². The molecule has 0 spiro atoms. The van der Waals surface area contributed by atoms with Crippen LogP contribution in [0, 0.1) is 23.5 Å². The van der Waals surface area contributed by atoms with E-state index in [1.165, 1.54) is 6.07 Å². The van der Waals surface area contributed by atoms with Gasteiger partial charge in [-0.15, -0.1) is 0 Å². The summed E-state index contributed by atoms with van der Waals surface area (Å²) in [6.45, 7) is 4.44. The molecule has 2 atom stereocenters. The van der Waals surface area contributed by atoms with Gasteiger partial charge in [0.05, 0.1) is 62.6 Å². The first-order chi connectivity index (χ1) is 18.8. The van der Waals surface area contributed by atoms with Crippen LogP contribution < -0.4 is 0 Å². The Morgan fingerprint density at radius 2 is 1.74 bits per heavy atom. The zero-order chi connectivity index (χ0) is 27.7. The van der Waals surface area contributed by atoms with E-state index in [1.54, 1.807) is 6.20 Å². The van der Waals surface area contributed by atoms with Gasteiger partial charge in [-0.3, -0.25) is 0 Å².